The zero-order chi connectivity index (χ0) is 18.1. The van der Waals surface area contributed by atoms with Crippen LogP contribution in [0.5, 0.6) is 11.5 Å². The maximum atomic E-state index is 11.7. The van der Waals surface area contributed by atoms with Gasteiger partial charge in [-0.2, -0.15) is 0 Å². The molecule has 0 radical (unpaired) electrons. The second-order valence-electron chi connectivity index (χ2n) is 4.71. The van der Waals surface area contributed by atoms with Crippen LogP contribution in [0, 0.1) is 11.8 Å². The van der Waals surface area contributed by atoms with Gasteiger partial charge in [-0.25, -0.2) is 0 Å². The van der Waals surface area contributed by atoms with Crippen molar-refractivity contribution in [3.63, 3.8) is 0 Å². The number of rotatable bonds is 6. The van der Waals surface area contributed by atoms with Crippen molar-refractivity contribution in [2.45, 2.75) is 0 Å². The highest BCUT2D eigenvalue weighted by atomic mass is 35.5. The topological polar surface area (TPSA) is 47.6 Å². The Morgan fingerprint density at radius 2 is 1.72 bits per heavy atom. The van der Waals surface area contributed by atoms with Crippen molar-refractivity contribution in [2.75, 3.05) is 19.8 Å². The summed E-state index contributed by atoms with van der Waals surface area (Å²) < 4.78 is 10.7. The molecular weight excluding hydrogens is 385 g/mol. The molecule has 0 atom stereocenters. The molecule has 0 spiro atoms. The summed E-state index contributed by atoms with van der Waals surface area (Å²) in [5, 5.41) is 3.97. The lowest BCUT2D eigenvalue weighted by molar-refractivity contribution is -0.122. The van der Waals surface area contributed by atoms with Crippen molar-refractivity contribution in [3.8, 4) is 23.3 Å². The van der Waals surface area contributed by atoms with Crippen LogP contribution in [0.2, 0.25) is 15.1 Å². The molecule has 1 amide bonds. The molecule has 0 bridgehead atoms. The van der Waals surface area contributed by atoms with Gasteiger partial charge in [-0.15, -0.1) is 0 Å². The Kier molecular flexibility index (Phi) is 7.75. The summed E-state index contributed by atoms with van der Waals surface area (Å²) in [7, 11) is 0. The number of carbonyl (C=O) groups is 1. The first-order valence-electron chi connectivity index (χ1n) is 7.24. The second-order valence-corrected chi connectivity index (χ2v) is 5.96. The van der Waals surface area contributed by atoms with Crippen LogP contribution in [0.3, 0.4) is 0 Å². The predicted octanol–water partition coefficient (Wildman–Crippen LogP) is 4.22. The van der Waals surface area contributed by atoms with Gasteiger partial charge in [0.1, 0.15) is 18.1 Å². The summed E-state index contributed by atoms with van der Waals surface area (Å²) in [6.45, 7) is 0.193. The number of para-hydroxylation sites is 1. The number of amides is 1. The maximum Gasteiger partial charge on any atom is 0.258 e. The fourth-order valence-corrected chi connectivity index (χ4v) is 2.37. The van der Waals surface area contributed by atoms with Gasteiger partial charge in [0.05, 0.1) is 16.6 Å². The molecule has 2 aromatic rings. The molecule has 0 fully saturated rings. The third-order valence-electron chi connectivity index (χ3n) is 2.89. The number of hydrogen-bond acceptors (Lipinski definition) is 3. The van der Waals surface area contributed by atoms with Crippen LogP contribution in [0.15, 0.2) is 42.5 Å². The van der Waals surface area contributed by atoms with Gasteiger partial charge in [-0.1, -0.05) is 58.8 Å². The molecule has 4 nitrogen and oxygen atoms in total. The minimum absolute atomic E-state index is 0.168. The first-order valence-corrected chi connectivity index (χ1v) is 8.37. The number of benzene rings is 2. The SMILES string of the molecule is O=C(COc1ccc(Cl)cc1Cl)NCC#CCOc1ccccc1Cl. The van der Waals surface area contributed by atoms with E-state index < -0.39 is 0 Å². The van der Waals surface area contributed by atoms with Crippen molar-refractivity contribution in [1.82, 2.24) is 5.32 Å². The number of nitrogens with one attached hydrogen (secondary N) is 1. The average Bonchev–Trinajstić information content (AvgIpc) is 2.58. The van der Waals surface area contributed by atoms with Gasteiger partial charge in [0.2, 0.25) is 0 Å². The van der Waals surface area contributed by atoms with E-state index in [9.17, 15) is 4.79 Å². The highest BCUT2D eigenvalue weighted by Crippen LogP contribution is 2.27. The van der Waals surface area contributed by atoms with Gasteiger partial charge >= 0.3 is 0 Å². The molecule has 0 saturated heterocycles. The molecule has 1 N–H and O–H groups in total. The van der Waals surface area contributed by atoms with Gasteiger partial charge in [-0.3, -0.25) is 4.79 Å². The summed E-state index contributed by atoms with van der Waals surface area (Å²) in [6.07, 6.45) is 0. The first kappa shape index (κ1) is 19.3. The minimum atomic E-state index is -0.313. The van der Waals surface area contributed by atoms with Crippen LogP contribution in [0.25, 0.3) is 0 Å². The van der Waals surface area contributed by atoms with Crippen molar-refractivity contribution >= 4 is 40.7 Å². The number of carbonyl (C=O) groups excluding carboxylic acids is 1. The zero-order valence-corrected chi connectivity index (χ0v) is 15.3. The Balaban J connectivity index is 1.66. The van der Waals surface area contributed by atoms with Crippen LogP contribution < -0.4 is 14.8 Å². The zero-order valence-electron chi connectivity index (χ0n) is 13.0. The van der Waals surface area contributed by atoms with Crippen LogP contribution in [-0.2, 0) is 4.79 Å². The molecule has 0 aliphatic carbocycles. The number of ether oxygens (including phenoxy) is 2. The van der Waals surface area contributed by atoms with Gasteiger partial charge in [-0.05, 0) is 30.3 Å². The minimum Gasteiger partial charge on any atom is -0.482 e. The molecule has 0 heterocycles. The van der Waals surface area contributed by atoms with Gasteiger partial charge in [0.25, 0.3) is 5.91 Å². The fourth-order valence-electron chi connectivity index (χ4n) is 1.72. The lowest BCUT2D eigenvalue weighted by Gasteiger charge is -2.07. The molecule has 2 aromatic carbocycles. The Morgan fingerprint density at radius 1 is 0.960 bits per heavy atom. The Bertz CT molecular complexity index is 800. The van der Waals surface area contributed by atoms with Crippen molar-refractivity contribution in [1.29, 1.82) is 0 Å². The number of halogens is 3. The van der Waals surface area contributed by atoms with E-state index in [4.69, 9.17) is 44.3 Å². The average molecular weight is 399 g/mol. The Hall–Kier alpha value is -2.06. The third kappa shape index (κ3) is 6.75. The van der Waals surface area contributed by atoms with Crippen LogP contribution in [0.1, 0.15) is 0 Å². The van der Waals surface area contributed by atoms with E-state index in [-0.39, 0.29) is 25.7 Å². The van der Waals surface area contributed by atoms with E-state index in [2.05, 4.69) is 17.2 Å². The van der Waals surface area contributed by atoms with E-state index in [1.807, 2.05) is 12.1 Å². The molecule has 2 rings (SSSR count). The normalized spacial score (nSPS) is 9.72. The van der Waals surface area contributed by atoms with Crippen LogP contribution in [-0.4, -0.2) is 25.7 Å². The third-order valence-corrected chi connectivity index (χ3v) is 3.73. The highest BCUT2D eigenvalue weighted by molar-refractivity contribution is 6.35. The largest absolute Gasteiger partial charge is 0.482 e. The maximum absolute atomic E-state index is 11.7. The number of hydrogen-bond donors (Lipinski definition) is 1. The predicted molar refractivity (Wildman–Crippen MR) is 99.7 cm³/mol. The highest BCUT2D eigenvalue weighted by Gasteiger charge is 2.05. The molecular formula is C18H14Cl3NO3. The van der Waals surface area contributed by atoms with Crippen molar-refractivity contribution in [2.24, 2.45) is 0 Å². The summed E-state index contributed by atoms with van der Waals surface area (Å²) in [5.41, 5.74) is 0. The molecule has 130 valence electrons. The summed E-state index contributed by atoms with van der Waals surface area (Å²) in [5.74, 6) is 6.20. The molecule has 0 aliphatic rings. The smallest absolute Gasteiger partial charge is 0.258 e. The van der Waals surface area contributed by atoms with E-state index >= 15 is 0 Å². The van der Waals surface area contributed by atoms with Gasteiger partial charge < -0.3 is 14.8 Å². The lowest BCUT2D eigenvalue weighted by atomic mass is 10.3. The van der Waals surface area contributed by atoms with E-state index in [1.54, 1.807) is 30.3 Å². The van der Waals surface area contributed by atoms with Crippen molar-refractivity contribution < 1.29 is 14.3 Å². The standard InChI is InChI=1S/C18H14Cl3NO3/c19-13-7-8-17(15(21)11-13)25-12-18(23)22-9-3-4-10-24-16-6-2-1-5-14(16)20/h1-2,5-8,11H,9-10,12H2,(H,22,23). The van der Waals surface area contributed by atoms with E-state index in [0.717, 1.165) is 0 Å². The fraction of sp³-hybridized carbons (Fsp3) is 0.167. The molecule has 7 heteroatoms. The van der Waals surface area contributed by atoms with Crippen molar-refractivity contribution in [3.05, 3.63) is 57.5 Å². The molecule has 0 aromatic heterocycles. The second kappa shape index (κ2) is 10.0. The summed E-state index contributed by atoms with van der Waals surface area (Å²) >= 11 is 17.7. The van der Waals surface area contributed by atoms with Crippen LogP contribution >= 0.6 is 34.8 Å². The van der Waals surface area contributed by atoms with E-state index in [0.29, 0.717) is 26.6 Å². The van der Waals surface area contributed by atoms with Gasteiger partial charge in [0, 0.05) is 5.02 Å². The van der Waals surface area contributed by atoms with Gasteiger partial charge in [0.15, 0.2) is 6.61 Å². The molecule has 0 aliphatic heterocycles. The molecule has 25 heavy (non-hydrogen) atoms. The summed E-state index contributed by atoms with van der Waals surface area (Å²) in [4.78, 5) is 11.7. The Labute approximate surface area is 161 Å². The first-order chi connectivity index (χ1) is 12.1. The quantitative estimate of drug-likeness (QED) is 0.741. The van der Waals surface area contributed by atoms with Crippen LogP contribution in [0.4, 0.5) is 0 Å². The summed E-state index contributed by atoms with van der Waals surface area (Å²) in [6, 6.07) is 11.9. The Morgan fingerprint density at radius 3 is 2.48 bits per heavy atom. The lowest BCUT2D eigenvalue weighted by Crippen LogP contribution is -2.29. The molecule has 0 unspecified atom stereocenters. The monoisotopic (exact) mass is 397 g/mol. The molecule has 0 saturated carbocycles. The van der Waals surface area contributed by atoms with E-state index in [1.165, 1.54) is 0 Å².